The summed E-state index contributed by atoms with van der Waals surface area (Å²) in [6.45, 7) is 7.28. The fraction of sp³-hybridized carbons (Fsp3) is 0.333. The number of rotatable bonds is 6. The Kier molecular flexibility index (Phi) is 5.57. The Bertz CT molecular complexity index is 595. The molecule has 2 nitrogen and oxygen atoms in total. The summed E-state index contributed by atoms with van der Waals surface area (Å²) in [5, 5.41) is 0. The van der Waals surface area contributed by atoms with Gasteiger partial charge in [0, 0.05) is 28.9 Å². The van der Waals surface area contributed by atoms with Crippen LogP contribution in [0.3, 0.4) is 0 Å². The van der Waals surface area contributed by atoms with E-state index < -0.39 is 10.8 Å². The van der Waals surface area contributed by atoms with E-state index in [4.69, 9.17) is 0 Å². The lowest BCUT2D eigenvalue weighted by Gasteiger charge is -2.30. The maximum absolute atomic E-state index is 12.4. The molecule has 0 saturated carbocycles. The van der Waals surface area contributed by atoms with Crippen LogP contribution in [0.4, 0.5) is 5.69 Å². The third kappa shape index (κ3) is 4.18. The van der Waals surface area contributed by atoms with E-state index in [0.29, 0.717) is 11.8 Å². The Balaban J connectivity index is 2.08. The maximum Gasteiger partial charge on any atom is 0.0547 e. The molecule has 0 bridgehead atoms. The van der Waals surface area contributed by atoms with Crippen molar-refractivity contribution in [3.05, 3.63) is 60.2 Å². The van der Waals surface area contributed by atoms with E-state index in [0.717, 1.165) is 11.4 Å². The standard InChI is InChI=1S/C18H23NOS/c1-15(2)19(18-12-8-7-9-16(18)3)13-14-21(20)17-10-5-4-6-11-17/h4-12,15H,13-14H2,1-3H3. The van der Waals surface area contributed by atoms with E-state index in [1.807, 2.05) is 30.3 Å². The van der Waals surface area contributed by atoms with Gasteiger partial charge in [0.2, 0.25) is 0 Å². The van der Waals surface area contributed by atoms with Crippen LogP contribution in [0.2, 0.25) is 0 Å². The first-order valence-electron chi connectivity index (χ1n) is 7.35. The first kappa shape index (κ1) is 15.8. The van der Waals surface area contributed by atoms with E-state index in [-0.39, 0.29) is 0 Å². The normalized spacial score (nSPS) is 12.4. The van der Waals surface area contributed by atoms with Crippen molar-refractivity contribution in [3.8, 4) is 0 Å². The molecule has 3 heteroatoms. The molecular formula is C18H23NOS. The zero-order chi connectivity index (χ0) is 15.2. The van der Waals surface area contributed by atoms with Crippen molar-refractivity contribution >= 4 is 16.5 Å². The van der Waals surface area contributed by atoms with Crippen LogP contribution < -0.4 is 4.90 Å². The first-order chi connectivity index (χ1) is 10.1. The van der Waals surface area contributed by atoms with Crippen molar-refractivity contribution in [2.45, 2.75) is 31.7 Å². The molecule has 0 aliphatic heterocycles. The molecule has 1 unspecified atom stereocenters. The number of aryl methyl sites for hydroxylation is 1. The molecule has 0 amide bonds. The Morgan fingerprint density at radius 1 is 1.00 bits per heavy atom. The van der Waals surface area contributed by atoms with Gasteiger partial charge in [0.25, 0.3) is 0 Å². The van der Waals surface area contributed by atoms with Crippen LogP contribution in [0, 0.1) is 6.92 Å². The van der Waals surface area contributed by atoms with Crippen LogP contribution >= 0.6 is 0 Å². The van der Waals surface area contributed by atoms with Gasteiger partial charge in [0.1, 0.15) is 0 Å². The molecule has 2 rings (SSSR count). The number of hydrogen-bond donors (Lipinski definition) is 0. The lowest BCUT2D eigenvalue weighted by molar-refractivity contribution is 0.672. The van der Waals surface area contributed by atoms with E-state index in [1.165, 1.54) is 11.3 Å². The van der Waals surface area contributed by atoms with Crippen LogP contribution in [0.25, 0.3) is 0 Å². The van der Waals surface area contributed by atoms with Gasteiger partial charge < -0.3 is 4.90 Å². The second kappa shape index (κ2) is 7.41. The molecule has 2 aromatic carbocycles. The van der Waals surface area contributed by atoms with Crippen molar-refractivity contribution in [2.24, 2.45) is 0 Å². The quantitative estimate of drug-likeness (QED) is 0.803. The topological polar surface area (TPSA) is 20.3 Å². The molecule has 0 aromatic heterocycles. The lowest BCUT2D eigenvalue weighted by Crippen LogP contribution is -2.34. The highest BCUT2D eigenvalue weighted by molar-refractivity contribution is 7.85. The smallest absolute Gasteiger partial charge is 0.0547 e. The molecule has 112 valence electrons. The summed E-state index contributed by atoms with van der Waals surface area (Å²) in [4.78, 5) is 3.24. The third-order valence-electron chi connectivity index (χ3n) is 3.57. The highest BCUT2D eigenvalue weighted by atomic mass is 32.2. The molecule has 0 fully saturated rings. The van der Waals surface area contributed by atoms with Crippen LogP contribution in [-0.4, -0.2) is 22.5 Å². The first-order valence-corrected chi connectivity index (χ1v) is 8.67. The van der Waals surface area contributed by atoms with Gasteiger partial charge in [-0.25, -0.2) is 0 Å². The largest absolute Gasteiger partial charge is 0.368 e. The summed E-state index contributed by atoms with van der Waals surface area (Å²) in [6, 6.07) is 18.5. The van der Waals surface area contributed by atoms with Crippen molar-refractivity contribution < 1.29 is 4.21 Å². The van der Waals surface area contributed by atoms with Crippen molar-refractivity contribution in [1.29, 1.82) is 0 Å². The third-order valence-corrected chi connectivity index (χ3v) is 4.92. The lowest BCUT2D eigenvalue weighted by atomic mass is 10.1. The molecule has 0 radical (unpaired) electrons. The Morgan fingerprint density at radius 3 is 2.24 bits per heavy atom. The second-order valence-corrected chi connectivity index (χ2v) is 7.01. The Labute approximate surface area is 130 Å². The van der Waals surface area contributed by atoms with Gasteiger partial charge in [-0.15, -0.1) is 0 Å². The molecule has 1 atom stereocenters. The monoisotopic (exact) mass is 301 g/mol. The van der Waals surface area contributed by atoms with Crippen molar-refractivity contribution in [2.75, 3.05) is 17.2 Å². The van der Waals surface area contributed by atoms with Gasteiger partial charge >= 0.3 is 0 Å². The number of para-hydroxylation sites is 1. The minimum Gasteiger partial charge on any atom is -0.368 e. The summed E-state index contributed by atoms with van der Waals surface area (Å²) >= 11 is 0. The zero-order valence-electron chi connectivity index (χ0n) is 13.0. The van der Waals surface area contributed by atoms with Gasteiger partial charge in [0.05, 0.1) is 10.8 Å². The zero-order valence-corrected chi connectivity index (χ0v) is 13.8. The fourth-order valence-electron chi connectivity index (χ4n) is 2.41. The molecule has 0 aliphatic rings. The number of nitrogens with zero attached hydrogens (tertiary/aromatic N) is 1. The summed E-state index contributed by atoms with van der Waals surface area (Å²) in [5.74, 6) is 0.649. The predicted octanol–water partition coefficient (Wildman–Crippen LogP) is 4.02. The molecule has 0 heterocycles. The molecule has 0 spiro atoms. The van der Waals surface area contributed by atoms with Crippen LogP contribution in [0.15, 0.2) is 59.5 Å². The van der Waals surface area contributed by atoms with Gasteiger partial charge in [-0.2, -0.15) is 0 Å². The summed E-state index contributed by atoms with van der Waals surface area (Å²) in [6.07, 6.45) is 0. The summed E-state index contributed by atoms with van der Waals surface area (Å²) in [5.41, 5.74) is 2.49. The van der Waals surface area contributed by atoms with Crippen LogP contribution in [-0.2, 0) is 10.8 Å². The molecular weight excluding hydrogens is 278 g/mol. The van der Waals surface area contributed by atoms with Crippen molar-refractivity contribution in [1.82, 2.24) is 0 Å². The number of benzene rings is 2. The Morgan fingerprint density at radius 2 is 1.62 bits per heavy atom. The predicted molar refractivity (Wildman–Crippen MR) is 91.4 cm³/mol. The Hall–Kier alpha value is -1.61. The van der Waals surface area contributed by atoms with Crippen molar-refractivity contribution in [3.63, 3.8) is 0 Å². The molecule has 0 aliphatic carbocycles. The summed E-state index contributed by atoms with van der Waals surface area (Å²) < 4.78 is 12.4. The summed E-state index contributed by atoms with van der Waals surface area (Å²) in [7, 11) is -0.943. The minimum atomic E-state index is -0.943. The highest BCUT2D eigenvalue weighted by Gasteiger charge is 2.14. The second-order valence-electron chi connectivity index (χ2n) is 5.44. The maximum atomic E-state index is 12.4. The number of anilines is 1. The van der Waals surface area contributed by atoms with E-state index in [1.54, 1.807) is 0 Å². The number of hydrogen-bond acceptors (Lipinski definition) is 2. The molecule has 2 aromatic rings. The average Bonchev–Trinajstić information content (AvgIpc) is 2.49. The highest BCUT2D eigenvalue weighted by Crippen LogP contribution is 2.21. The van der Waals surface area contributed by atoms with Crippen LogP contribution in [0.5, 0.6) is 0 Å². The van der Waals surface area contributed by atoms with Gasteiger partial charge in [0.15, 0.2) is 0 Å². The molecule has 0 N–H and O–H groups in total. The van der Waals surface area contributed by atoms with Gasteiger partial charge in [-0.1, -0.05) is 36.4 Å². The molecule has 0 saturated heterocycles. The minimum absolute atomic E-state index is 0.388. The van der Waals surface area contributed by atoms with E-state index in [9.17, 15) is 4.21 Å². The van der Waals surface area contributed by atoms with Gasteiger partial charge in [-0.05, 0) is 44.5 Å². The van der Waals surface area contributed by atoms with Crippen LogP contribution in [0.1, 0.15) is 19.4 Å². The SMILES string of the molecule is Cc1ccccc1N(CCS(=O)c1ccccc1)C(C)C. The fourth-order valence-corrected chi connectivity index (χ4v) is 3.47. The average molecular weight is 301 g/mol. The van der Waals surface area contributed by atoms with Gasteiger partial charge in [-0.3, -0.25) is 4.21 Å². The molecule has 21 heavy (non-hydrogen) atoms. The van der Waals surface area contributed by atoms with E-state index in [2.05, 4.69) is 49.9 Å². The van der Waals surface area contributed by atoms with E-state index >= 15 is 0 Å².